The number of piperidine rings is 1. The Balaban J connectivity index is 1.74. The summed E-state index contributed by atoms with van der Waals surface area (Å²) in [4.78, 5) is 6.50. The number of pyridine rings is 1. The monoisotopic (exact) mass is 316 g/mol. The van der Waals surface area contributed by atoms with Gasteiger partial charge in [0.05, 0.1) is 5.52 Å². The molecule has 0 spiro atoms. The minimum Gasteiger partial charge on any atom is -0.489 e. The second kappa shape index (κ2) is 6.83. The molecule has 3 nitrogen and oxygen atoms in total. The summed E-state index contributed by atoms with van der Waals surface area (Å²) in [5, 5.41) is 0.899. The molecule has 2 aromatic rings. The first-order valence-electron chi connectivity index (χ1n) is 8.48. The van der Waals surface area contributed by atoms with E-state index in [0.717, 1.165) is 43.4 Å². The van der Waals surface area contributed by atoms with E-state index in [1.165, 1.54) is 6.07 Å². The SMILES string of the molecule is Cc1cccc2c(OC3CCN(CC(C)C)CC3)cc(F)nc12. The van der Waals surface area contributed by atoms with E-state index in [0.29, 0.717) is 17.2 Å². The largest absolute Gasteiger partial charge is 0.489 e. The Morgan fingerprint density at radius 2 is 2.04 bits per heavy atom. The Hall–Kier alpha value is -1.68. The van der Waals surface area contributed by atoms with Gasteiger partial charge in [-0.15, -0.1) is 0 Å². The van der Waals surface area contributed by atoms with E-state index in [1.54, 1.807) is 0 Å². The van der Waals surface area contributed by atoms with Gasteiger partial charge in [0.2, 0.25) is 5.95 Å². The second-order valence-electron chi connectivity index (χ2n) is 6.93. The molecule has 3 rings (SSSR count). The lowest BCUT2D eigenvalue weighted by Crippen LogP contribution is -2.39. The summed E-state index contributed by atoms with van der Waals surface area (Å²) in [6.45, 7) is 9.68. The van der Waals surface area contributed by atoms with Crippen LogP contribution in [0.5, 0.6) is 5.75 Å². The first-order valence-corrected chi connectivity index (χ1v) is 8.48. The van der Waals surface area contributed by atoms with Crippen molar-refractivity contribution in [3.63, 3.8) is 0 Å². The van der Waals surface area contributed by atoms with Gasteiger partial charge in [-0.2, -0.15) is 4.39 Å². The van der Waals surface area contributed by atoms with Crippen molar-refractivity contribution in [2.75, 3.05) is 19.6 Å². The van der Waals surface area contributed by atoms with Gasteiger partial charge in [-0.1, -0.05) is 26.0 Å². The molecule has 1 aliphatic heterocycles. The highest BCUT2D eigenvalue weighted by Crippen LogP contribution is 2.29. The minimum absolute atomic E-state index is 0.156. The predicted molar refractivity (Wildman–Crippen MR) is 91.4 cm³/mol. The molecule has 1 aliphatic rings. The molecule has 23 heavy (non-hydrogen) atoms. The number of nitrogens with zero attached hydrogens (tertiary/aromatic N) is 2. The van der Waals surface area contributed by atoms with E-state index in [1.807, 2.05) is 25.1 Å². The predicted octanol–water partition coefficient (Wildman–Crippen LogP) is 4.18. The molecule has 1 aromatic heterocycles. The van der Waals surface area contributed by atoms with Crippen LogP contribution in [0.15, 0.2) is 24.3 Å². The standard InChI is InChI=1S/C19H25FN2O/c1-13(2)12-22-9-7-15(8-10-22)23-17-11-18(20)21-19-14(3)5-4-6-16(17)19/h4-6,11,13,15H,7-10,12H2,1-3H3. The molecule has 0 radical (unpaired) electrons. The van der Waals surface area contributed by atoms with Gasteiger partial charge in [0.15, 0.2) is 0 Å². The van der Waals surface area contributed by atoms with Crippen molar-refractivity contribution in [2.45, 2.75) is 39.7 Å². The van der Waals surface area contributed by atoms with Crippen molar-refractivity contribution in [3.8, 4) is 5.75 Å². The summed E-state index contributed by atoms with van der Waals surface area (Å²) in [6.07, 6.45) is 2.14. The summed E-state index contributed by atoms with van der Waals surface area (Å²) in [5.74, 6) is 0.839. The van der Waals surface area contributed by atoms with Crippen molar-refractivity contribution in [3.05, 3.63) is 35.8 Å². The molecule has 1 aromatic carbocycles. The van der Waals surface area contributed by atoms with Crippen molar-refractivity contribution in [2.24, 2.45) is 5.92 Å². The van der Waals surface area contributed by atoms with E-state index in [4.69, 9.17) is 4.74 Å². The summed E-state index contributed by atoms with van der Waals surface area (Å²) in [7, 11) is 0. The lowest BCUT2D eigenvalue weighted by atomic mass is 10.1. The van der Waals surface area contributed by atoms with Crippen LogP contribution < -0.4 is 4.74 Å². The third-order valence-electron chi connectivity index (χ3n) is 4.42. The lowest BCUT2D eigenvalue weighted by Gasteiger charge is -2.33. The number of aryl methyl sites for hydroxylation is 1. The number of rotatable bonds is 4. The average molecular weight is 316 g/mol. The van der Waals surface area contributed by atoms with E-state index in [2.05, 4.69) is 23.7 Å². The number of para-hydroxylation sites is 1. The molecular weight excluding hydrogens is 291 g/mol. The topological polar surface area (TPSA) is 25.4 Å². The number of ether oxygens (including phenoxy) is 1. The Morgan fingerprint density at radius 3 is 2.74 bits per heavy atom. The fourth-order valence-corrected chi connectivity index (χ4v) is 3.33. The van der Waals surface area contributed by atoms with Crippen LogP contribution in [0.2, 0.25) is 0 Å². The number of aromatic nitrogens is 1. The van der Waals surface area contributed by atoms with E-state index in [9.17, 15) is 4.39 Å². The van der Waals surface area contributed by atoms with Crippen molar-refractivity contribution in [1.29, 1.82) is 0 Å². The van der Waals surface area contributed by atoms with Gasteiger partial charge in [-0.05, 0) is 37.3 Å². The fourth-order valence-electron chi connectivity index (χ4n) is 3.33. The number of halogens is 1. The van der Waals surface area contributed by atoms with Gasteiger partial charge in [-0.3, -0.25) is 0 Å². The lowest BCUT2D eigenvalue weighted by molar-refractivity contribution is 0.0949. The number of hydrogen-bond donors (Lipinski definition) is 0. The highest BCUT2D eigenvalue weighted by molar-refractivity contribution is 5.87. The molecule has 0 saturated carbocycles. The highest BCUT2D eigenvalue weighted by atomic mass is 19.1. The van der Waals surface area contributed by atoms with Crippen LogP contribution in [-0.2, 0) is 0 Å². The van der Waals surface area contributed by atoms with Gasteiger partial charge >= 0.3 is 0 Å². The zero-order valence-electron chi connectivity index (χ0n) is 14.2. The minimum atomic E-state index is -0.473. The highest BCUT2D eigenvalue weighted by Gasteiger charge is 2.22. The Labute approximate surface area is 137 Å². The van der Waals surface area contributed by atoms with Gasteiger partial charge in [0, 0.05) is 31.1 Å². The average Bonchev–Trinajstić information content (AvgIpc) is 2.50. The maximum Gasteiger partial charge on any atom is 0.217 e. The number of benzene rings is 1. The van der Waals surface area contributed by atoms with Gasteiger partial charge < -0.3 is 9.64 Å². The zero-order chi connectivity index (χ0) is 16.4. The molecule has 0 N–H and O–H groups in total. The number of likely N-dealkylation sites (tertiary alicyclic amines) is 1. The van der Waals surface area contributed by atoms with E-state index < -0.39 is 5.95 Å². The van der Waals surface area contributed by atoms with Crippen LogP contribution in [0.4, 0.5) is 4.39 Å². The van der Waals surface area contributed by atoms with Gasteiger partial charge in [0.25, 0.3) is 0 Å². The molecule has 0 unspecified atom stereocenters. The molecule has 0 atom stereocenters. The normalized spacial score (nSPS) is 17.1. The van der Waals surface area contributed by atoms with Crippen LogP contribution in [0.1, 0.15) is 32.3 Å². The molecule has 1 saturated heterocycles. The second-order valence-corrected chi connectivity index (χ2v) is 6.93. The Bertz CT molecular complexity index is 678. The van der Waals surface area contributed by atoms with Gasteiger partial charge in [-0.25, -0.2) is 4.98 Å². The molecule has 1 fully saturated rings. The molecule has 2 heterocycles. The third-order valence-corrected chi connectivity index (χ3v) is 4.42. The smallest absolute Gasteiger partial charge is 0.217 e. The number of hydrogen-bond acceptors (Lipinski definition) is 3. The molecule has 4 heteroatoms. The Morgan fingerprint density at radius 1 is 1.30 bits per heavy atom. The fraction of sp³-hybridized carbons (Fsp3) is 0.526. The molecule has 0 amide bonds. The summed E-state index contributed by atoms with van der Waals surface area (Å²) < 4.78 is 20.0. The zero-order valence-corrected chi connectivity index (χ0v) is 14.2. The van der Waals surface area contributed by atoms with Crippen LogP contribution in [0, 0.1) is 18.8 Å². The third kappa shape index (κ3) is 3.81. The first-order chi connectivity index (χ1) is 11.0. The quantitative estimate of drug-likeness (QED) is 0.791. The summed E-state index contributed by atoms with van der Waals surface area (Å²) in [5.41, 5.74) is 1.67. The van der Waals surface area contributed by atoms with Crippen LogP contribution in [-0.4, -0.2) is 35.6 Å². The van der Waals surface area contributed by atoms with E-state index in [-0.39, 0.29) is 6.10 Å². The maximum atomic E-state index is 13.8. The van der Waals surface area contributed by atoms with E-state index >= 15 is 0 Å². The number of fused-ring (bicyclic) bond motifs is 1. The Kier molecular flexibility index (Phi) is 4.81. The van der Waals surface area contributed by atoms with Gasteiger partial charge in [0.1, 0.15) is 11.9 Å². The van der Waals surface area contributed by atoms with Crippen molar-refractivity contribution in [1.82, 2.24) is 9.88 Å². The van der Waals surface area contributed by atoms with Crippen LogP contribution >= 0.6 is 0 Å². The molecule has 0 bridgehead atoms. The summed E-state index contributed by atoms with van der Waals surface area (Å²) >= 11 is 0. The molecule has 124 valence electrons. The van der Waals surface area contributed by atoms with Crippen LogP contribution in [0.3, 0.4) is 0 Å². The van der Waals surface area contributed by atoms with Crippen molar-refractivity contribution >= 4 is 10.9 Å². The molecular formula is C19H25FN2O. The molecule has 0 aliphatic carbocycles. The maximum absolute atomic E-state index is 13.8. The van der Waals surface area contributed by atoms with Crippen molar-refractivity contribution < 1.29 is 9.13 Å². The summed E-state index contributed by atoms with van der Waals surface area (Å²) in [6, 6.07) is 7.29. The van der Waals surface area contributed by atoms with Crippen LogP contribution in [0.25, 0.3) is 10.9 Å². The first kappa shape index (κ1) is 16.2.